The van der Waals surface area contributed by atoms with E-state index in [1.165, 1.54) is 31.4 Å². The van der Waals surface area contributed by atoms with Crippen molar-refractivity contribution >= 4 is 29.2 Å². The van der Waals surface area contributed by atoms with Gasteiger partial charge in [0.15, 0.2) is 17.5 Å². The van der Waals surface area contributed by atoms with Crippen LogP contribution >= 0.6 is 0 Å². The summed E-state index contributed by atoms with van der Waals surface area (Å²) in [6.45, 7) is 0. The summed E-state index contributed by atoms with van der Waals surface area (Å²) in [6.07, 6.45) is -0.683. The van der Waals surface area contributed by atoms with Gasteiger partial charge in [-0.3, -0.25) is 9.59 Å². The number of carbonyl (C=O) groups is 3. The van der Waals surface area contributed by atoms with E-state index in [0.29, 0.717) is 11.8 Å². The Morgan fingerprint density at radius 2 is 1.50 bits per heavy atom. The number of hydrogen-bond donors (Lipinski definition) is 2. The van der Waals surface area contributed by atoms with Gasteiger partial charge >= 0.3 is 5.97 Å². The molecule has 26 heavy (non-hydrogen) atoms. The highest BCUT2D eigenvalue weighted by Gasteiger charge is 2.17. The molecule has 0 saturated carbocycles. The normalized spacial score (nSPS) is 10.2. The maximum atomic E-state index is 13.5. The summed E-state index contributed by atoms with van der Waals surface area (Å²) in [5, 5.41) is 4.38. The van der Waals surface area contributed by atoms with E-state index < -0.39 is 47.3 Å². The summed E-state index contributed by atoms with van der Waals surface area (Å²) in [7, 11) is 1.23. The van der Waals surface area contributed by atoms with Gasteiger partial charge in [0.1, 0.15) is 6.42 Å². The first-order valence-electron chi connectivity index (χ1n) is 7.23. The number of rotatable bonds is 5. The predicted octanol–water partition coefficient (Wildman–Crippen LogP) is 2.86. The van der Waals surface area contributed by atoms with E-state index in [-0.39, 0.29) is 5.56 Å². The largest absolute Gasteiger partial charge is 0.465 e. The van der Waals surface area contributed by atoms with Crippen molar-refractivity contribution in [3.05, 3.63) is 59.4 Å². The smallest absolute Gasteiger partial charge is 0.337 e. The minimum atomic E-state index is -1.72. The molecular weight excluding hydrogens is 353 g/mol. The summed E-state index contributed by atoms with van der Waals surface area (Å²) >= 11 is 0. The molecule has 0 unspecified atom stereocenters. The molecule has 2 rings (SSSR count). The monoisotopic (exact) mass is 366 g/mol. The Kier molecular flexibility index (Phi) is 5.94. The third-order valence-corrected chi connectivity index (χ3v) is 3.22. The molecule has 2 aromatic rings. The first-order chi connectivity index (χ1) is 12.3. The van der Waals surface area contributed by atoms with Gasteiger partial charge in [-0.1, -0.05) is 0 Å². The molecular formula is C17H13F3N2O4. The Morgan fingerprint density at radius 3 is 2.12 bits per heavy atom. The lowest BCUT2D eigenvalue weighted by atomic mass is 10.2. The number of benzene rings is 2. The van der Waals surface area contributed by atoms with Gasteiger partial charge < -0.3 is 15.4 Å². The van der Waals surface area contributed by atoms with Crippen LogP contribution in [-0.4, -0.2) is 24.9 Å². The van der Waals surface area contributed by atoms with Crippen molar-refractivity contribution in [2.24, 2.45) is 0 Å². The van der Waals surface area contributed by atoms with Crippen LogP contribution in [0.25, 0.3) is 0 Å². The van der Waals surface area contributed by atoms with Crippen LogP contribution in [0.2, 0.25) is 0 Å². The van der Waals surface area contributed by atoms with Crippen LogP contribution in [0.4, 0.5) is 24.5 Å². The standard InChI is InChI=1S/C17H13F3N2O4/c1-26-17(25)9-2-4-10(5-3-9)21-13(23)8-14(24)22-12-7-6-11(18)15(19)16(12)20/h2-7H,8H2,1H3,(H,21,23)(H,22,24). The summed E-state index contributed by atoms with van der Waals surface area (Å²) in [5.41, 5.74) is 0.00986. The van der Waals surface area contributed by atoms with Gasteiger partial charge in [-0.15, -0.1) is 0 Å². The molecule has 9 heteroatoms. The summed E-state index contributed by atoms with van der Waals surface area (Å²) in [4.78, 5) is 34.8. The van der Waals surface area contributed by atoms with E-state index >= 15 is 0 Å². The number of anilines is 2. The molecule has 136 valence electrons. The minimum absolute atomic E-state index is 0.275. The van der Waals surface area contributed by atoms with E-state index in [1.807, 2.05) is 5.32 Å². The van der Waals surface area contributed by atoms with Gasteiger partial charge in [-0.05, 0) is 36.4 Å². The Labute approximate surface area is 146 Å². The first-order valence-corrected chi connectivity index (χ1v) is 7.23. The molecule has 0 aliphatic carbocycles. The number of amides is 2. The van der Waals surface area contributed by atoms with E-state index in [9.17, 15) is 27.6 Å². The molecule has 0 saturated heterocycles. The van der Waals surface area contributed by atoms with Crippen LogP contribution in [0.15, 0.2) is 36.4 Å². The highest BCUT2D eigenvalue weighted by molar-refractivity contribution is 6.08. The summed E-state index contributed by atoms with van der Waals surface area (Å²) in [5.74, 6) is -6.87. The first kappa shape index (κ1) is 19.0. The van der Waals surface area contributed by atoms with E-state index in [1.54, 1.807) is 0 Å². The summed E-state index contributed by atoms with van der Waals surface area (Å²) < 4.78 is 43.9. The quantitative estimate of drug-likeness (QED) is 0.484. The topological polar surface area (TPSA) is 84.5 Å². The van der Waals surface area contributed by atoms with Crippen molar-refractivity contribution < 1.29 is 32.3 Å². The van der Waals surface area contributed by atoms with Gasteiger partial charge in [-0.25, -0.2) is 18.0 Å². The molecule has 0 atom stereocenters. The maximum Gasteiger partial charge on any atom is 0.337 e. The second kappa shape index (κ2) is 8.15. The van der Waals surface area contributed by atoms with Crippen molar-refractivity contribution in [2.45, 2.75) is 6.42 Å². The van der Waals surface area contributed by atoms with Gasteiger partial charge in [0.2, 0.25) is 11.8 Å². The lowest BCUT2D eigenvalue weighted by Gasteiger charge is -2.08. The molecule has 0 aromatic heterocycles. The van der Waals surface area contributed by atoms with Crippen molar-refractivity contribution in [3.63, 3.8) is 0 Å². The molecule has 6 nitrogen and oxygen atoms in total. The lowest BCUT2D eigenvalue weighted by molar-refractivity contribution is -0.123. The third-order valence-electron chi connectivity index (χ3n) is 3.22. The zero-order valence-electron chi connectivity index (χ0n) is 13.4. The summed E-state index contributed by atoms with van der Waals surface area (Å²) in [6, 6.07) is 7.18. The zero-order chi connectivity index (χ0) is 19.3. The zero-order valence-corrected chi connectivity index (χ0v) is 13.4. The van der Waals surface area contributed by atoms with Crippen molar-refractivity contribution in [3.8, 4) is 0 Å². The number of carbonyl (C=O) groups excluding carboxylic acids is 3. The minimum Gasteiger partial charge on any atom is -0.465 e. The van der Waals surface area contributed by atoms with Gasteiger partial charge in [0.05, 0.1) is 18.4 Å². The molecule has 0 fully saturated rings. The number of ether oxygens (including phenoxy) is 1. The number of hydrogen-bond acceptors (Lipinski definition) is 4. The Bertz CT molecular complexity index is 854. The van der Waals surface area contributed by atoms with Crippen LogP contribution < -0.4 is 10.6 Å². The van der Waals surface area contributed by atoms with Crippen molar-refractivity contribution in [1.29, 1.82) is 0 Å². The molecule has 0 aliphatic heterocycles. The molecule has 0 aliphatic rings. The van der Waals surface area contributed by atoms with Crippen LogP contribution in [0.3, 0.4) is 0 Å². The van der Waals surface area contributed by atoms with Crippen molar-refractivity contribution in [2.75, 3.05) is 17.7 Å². The van der Waals surface area contributed by atoms with Gasteiger partial charge in [0.25, 0.3) is 0 Å². The fourth-order valence-corrected chi connectivity index (χ4v) is 1.98. The number of esters is 1. The third kappa shape index (κ3) is 4.59. The number of nitrogens with one attached hydrogen (secondary N) is 2. The predicted molar refractivity (Wildman–Crippen MR) is 86.0 cm³/mol. The maximum absolute atomic E-state index is 13.5. The molecule has 0 bridgehead atoms. The highest BCUT2D eigenvalue weighted by Crippen LogP contribution is 2.19. The van der Waals surface area contributed by atoms with Crippen LogP contribution in [0, 0.1) is 17.5 Å². The van der Waals surface area contributed by atoms with Crippen LogP contribution in [-0.2, 0) is 14.3 Å². The number of methoxy groups -OCH3 is 1. The molecule has 0 radical (unpaired) electrons. The highest BCUT2D eigenvalue weighted by atomic mass is 19.2. The Morgan fingerprint density at radius 1 is 0.885 bits per heavy atom. The average molecular weight is 366 g/mol. The fraction of sp³-hybridized carbons (Fsp3) is 0.118. The lowest BCUT2D eigenvalue weighted by Crippen LogP contribution is -2.22. The van der Waals surface area contributed by atoms with Crippen LogP contribution in [0.5, 0.6) is 0 Å². The average Bonchev–Trinajstić information content (AvgIpc) is 2.62. The second-order valence-electron chi connectivity index (χ2n) is 5.06. The van der Waals surface area contributed by atoms with E-state index in [2.05, 4.69) is 10.1 Å². The Balaban J connectivity index is 1.94. The molecule has 2 amide bonds. The van der Waals surface area contributed by atoms with Crippen LogP contribution in [0.1, 0.15) is 16.8 Å². The van der Waals surface area contributed by atoms with Crippen molar-refractivity contribution in [1.82, 2.24) is 0 Å². The van der Waals surface area contributed by atoms with E-state index in [0.717, 1.165) is 6.07 Å². The van der Waals surface area contributed by atoms with Gasteiger partial charge in [0, 0.05) is 5.69 Å². The molecule has 2 N–H and O–H groups in total. The molecule has 0 spiro atoms. The number of halogens is 3. The molecule has 0 heterocycles. The van der Waals surface area contributed by atoms with Gasteiger partial charge in [-0.2, -0.15) is 0 Å². The fourth-order valence-electron chi connectivity index (χ4n) is 1.98. The second-order valence-corrected chi connectivity index (χ2v) is 5.06. The SMILES string of the molecule is COC(=O)c1ccc(NC(=O)CC(=O)Nc2ccc(F)c(F)c2F)cc1. The Hall–Kier alpha value is -3.36. The molecule has 2 aromatic carbocycles. The van der Waals surface area contributed by atoms with E-state index in [4.69, 9.17) is 0 Å².